The lowest BCUT2D eigenvalue weighted by Crippen LogP contribution is -2.35. The molecule has 1 aromatic carbocycles. The van der Waals surface area contributed by atoms with Crippen LogP contribution in [0.2, 0.25) is 0 Å². The normalized spacial score (nSPS) is 11.7. The molecule has 0 bridgehead atoms. The average molecular weight is 246 g/mol. The monoisotopic (exact) mass is 246 g/mol. The molecule has 0 aliphatic heterocycles. The number of aromatic hydroxyl groups is 2. The van der Waals surface area contributed by atoms with Gasteiger partial charge in [-0.1, -0.05) is 13.8 Å². The van der Waals surface area contributed by atoms with Gasteiger partial charge in [0.15, 0.2) is 29.9 Å². The molecule has 1 aromatic heterocycles. The predicted octanol–water partition coefficient (Wildman–Crippen LogP) is 3.24. The largest absolute Gasteiger partial charge is 0.504 e. The van der Waals surface area contributed by atoms with E-state index >= 15 is 0 Å². The SMILES string of the molecule is CC(C)c1cc(O)c(O)c2cc[n+](C(C)C)cc12. The maximum Gasteiger partial charge on any atom is 0.177 e. The van der Waals surface area contributed by atoms with Crippen LogP contribution in [0.25, 0.3) is 10.8 Å². The van der Waals surface area contributed by atoms with E-state index in [1.807, 2.05) is 18.5 Å². The number of hydrogen-bond acceptors (Lipinski definition) is 2. The van der Waals surface area contributed by atoms with Crippen LogP contribution in [-0.2, 0) is 0 Å². The summed E-state index contributed by atoms with van der Waals surface area (Å²) in [5.41, 5.74) is 1.05. The van der Waals surface area contributed by atoms with Crippen molar-refractivity contribution in [3.63, 3.8) is 0 Å². The van der Waals surface area contributed by atoms with E-state index in [-0.39, 0.29) is 11.5 Å². The van der Waals surface area contributed by atoms with E-state index in [1.54, 1.807) is 6.07 Å². The molecule has 3 heteroatoms. The highest BCUT2D eigenvalue weighted by atomic mass is 16.3. The van der Waals surface area contributed by atoms with E-state index < -0.39 is 0 Å². The van der Waals surface area contributed by atoms with Gasteiger partial charge in [-0.05, 0) is 31.4 Å². The quantitative estimate of drug-likeness (QED) is 0.631. The van der Waals surface area contributed by atoms with E-state index in [4.69, 9.17) is 0 Å². The number of benzene rings is 1. The smallest absolute Gasteiger partial charge is 0.177 e. The zero-order valence-corrected chi connectivity index (χ0v) is 11.3. The second-order valence-corrected chi connectivity index (χ2v) is 5.30. The van der Waals surface area contributed by atoms with Crippen LogP contribution in [0.1, 0.15) is 45.2 Å². The second kappa shape index (κ2) is 4.48. The Balaban J connectivity index is 2.82. The number of phenols is 2. The van der Waals surface area contributed by atoms with Crippen LogP contribution >= 0.6 is 0 Å². The van der Waals surface area contributed by atoms with E-state index in [2.05, 4.69) is 32.3 Å². The lowest BCUT2D eigenvalue weighted by molar-refractivity contribution is -0.715. The second-order valence-electron chi connectivity index (χ2n) is 5.30. The van der Waals surface area contributed by atoms with Crippen molar-refractivity contribution in [3.8, 4) is 11.5 Å². The molecule has 2 N–H and O–H groups in total. The van der Waals surface area contributed by atoms with Gasteiger partial charge >= 0.3 is 0 Å². The van der Waals surface area contributed by atoms with Crippen molar-refractivity contribution in [2.75, 3.05) is 0 Å². The molecule has 18 heavy (non-hydrogen) atoms. The van der Waals surface area contributed by atoms with Crippen molar-refractivity contribution in [1.29, 1.82) is 0 Å². The van der Waals surface area contributed by atoms with Gasteiger partial charge in [-0.25, -0.2) is 4.57 Å². The zero-order valence-electron chi connectivity index (χ0n) is 11.3. The van der Waals surface area contributed by atoms with Crippen molar-refractivity contribution in [1.82, 2.24) is 0 Å². The summed E-state index contributed by atoms with van der Waals surface area (Å²) in [6.07, 6.45) is 3.96. The molecule has 0 unspecified atom stereocenters. The Bertz CT molecular complexity index is 589. The van der Waals surface area contributed by atoms with Crippen LogP contribution < -0.4 is 4.57 Å². The van der Waals surface area contributed by atoms with Gasteiger partial charge in [0.25, 0.3) is 0 Å². The third-order valence-corrected chi connectivity index (χ3v) is 3.30. The van der Waals surface area contributed by atoms with Gasteiger partial charge in [-0.15, -0.1) is 0 Å². The first-order valence-electron chi connectivity index (χ1n) is 6.31. The number of rotatable bonds is 2. The third kappa shape index (κ3) is 2.01. The highest BCUT2D eigenvalue weighted by Gasteiger charge is 2.17. The van der Waals surface area contributed by atoms with Crippen molar-refractivity contribution in [2.24, 2.45) is 0 Å². The predicted molar refractivity (Wildman–Crippen MR) is 71.9 cm³/mol. The Labute approximate surface area is 107 Å². The Morgan fingerprint density at radius 2 is 1.72 bits per heavy atom. The molecule has 0 radical (unpaired) electrons. The topological polar surface area (TPSA) is 44.3 Å². The fraction of sp³-hybridized carbons (Fsp3) is 0.400. The summed E-state index contributed by atoms with van der Waals surface area (Å²) in [4.78, 5) is 0. The molecule has 0 aliphatic rings. The van der Waals surface area contributed by atoms with Crippen LogP contribution in [0.15, 0.2) is 24.5 Å². The number of nitrogens with zero attached hydrogens (tertiary/aromatic N) is 1. The molecular formula is C15H20NO2+. The molecule has 0 saturated carbocycles. The molecule has 2 aromatic rings. The Hall–Kier alpha value is -1.77. The summed E-state index contributed by atoms with van der Waals surface area (Å²) in [5.74, 6) is 0.209. The zero-order chi connectivity index (χ0) is 13.4. The van der Waals surface area contributed by atoms with Gasteiger partial charge in [-0.2, -0.15) is 0 Å². The van der Waals surface area contributed by atoms with Crippen LogP contribution in [0.5, 0.6) is 11.5 Å². The summed E-state index contributed by atoms with van der Waals surface area (Å²) < 4.78 is 2.10. The van der Waals surface area contributed by atoms with Gasteiger partial charge < -0.3 is 10.2 Å². The van der Waals surface area contributed by atoms with E-state index in [0.29, 0.717) is 17.3 Å². The van der Waals surface area contributed by atoms with E-state index in [1.165, 1.54) is 0 Å². The Morgan fingerprint density at radius 3 is 2.28 bits per heavy atom. The minimum atomic E-state index is -0.0477. The Morgan fingerprint density at radius 1 is 1.06 bits per heavy atom. The van der Waals surface area contributed by atoms with Crippen LogP contribution in [0.4, 0.5) is 0 Å². The molecule has 0 spiro atoms. The number of fused-ring (bicyclic) bond motifs is 1. The van der Waals surface area contributed by atoms with Crippen LogP contribution in [0, 0.1) is 0 Å². The fourth-order valence-corrected chi connectivity index (χ4v) is 2.18. The molecule has 0 atom stereocenters. The standard InChI is InChI=1S/C15H19NO2/c1-9(2)12-7-14(17)15(18)11-5-6-16(10(3)4)8-13(11)12/h5-10,18H,1-4H3/p+1. The molecule has 0 fully saturated rings. The van der Waals surface area contributed by atoms with Gasteiger partial charge in [0.1, 0.15) is 0 Å². The number of hydrogen-bond donors (Lipinski definition) is 2. The molecule has 1 heterocycles. The number of pyridine rings is 1. The summed E-state index contributed by atoms with van der Waals surface area (Å²) in [6.45, 7) is 8.39. The molecule has 96 valence electrons. The summed E-state index contributed by atoms with van der Waals surface area (Å²) >= 11 is 0. The van der Waals surface area contributed by atoms with Gasteiger partial charge in [0, 0.05) is 11.5 Å². The molecule has 0 amide bonds. The van der Waals surface area contributed by atoms with E-state index in [0.717, 1.165) is 10.9 Å². The highest BCUT2D eigenvalue weighted by Crippen LogP contribution is 2.38. The molecule has 2 rings (SSSR count). The van der Waals surface area contributed by atoms with Gasteiger partial charge in [0.05, 0.1) is 5.39 Å². The average Bonchev–Trinajstić information content (AvgIpc) is 2.32. The van der Waals surface area contributed by atoms with Gasteiger partial charge in [0.2, 0.25) is 0 Å². The first kappa shape index (κ1) is 12.7. The van der Waals surface area contributed by atoms with Crippen LogP contribution in [-0.4, -0.2) is 10.2 Å². The van der Waals surface area contributed by atoms with E-state index in [9.17, 15) is 10.2 Å². The van der Waals surface area contributed by atoms with Crippen molar-refractivity contribution >= 4 is 10.8 Å². The first-order valence-corrected chi connectivity index (χ1v) is 6.31. The maximum atomic E-state index is 9.93. The highest BCUT2D eigenvalue weighted by molar-refractivity contribution is 5.92. The number of phenolic OH excluding ortho intramolecular Hbond substituents is 2. The van der Waals surface area contributed by atoms with Crippen molar-refractivity contribution < 1.29 is 14.8 Å². The summed E-state index contributed by atoms with van der Waals surface area (Å²) in [5, 5.41) is 21.4. The lowest BCUT2D eigenvalue weighted by Gasteiger charge is -2.12. The lowest BCUT2D eigenvalue weighted by atomic mass is 9.96. The molecule has 0 aliphatic carbocycles. The molecule has 0 saturated heterocycles. The van der Waals surface area contributed by atoms with Gasteiger partial charge in [-0.3, -0.25) is 0 Å². The Kier molecular flexibility index (Phi) is 3.16. The first-order chi connectivity index (χ1) is 8.41. The summed E-state index contributed by atoms with van der Waals surface area (Å²) in [6, 6.07) is 3.88. The van der Waals surface area contributed by atoms with Crippen LogP contribution in [0.3, 0.4) is 0 Å². The molecular weight excluding hydrogens is 226 g/mol. The maximum absolute atomic E-state index is 9.93. The third-order valence-electron chi connectivity index (χ3n) is 3.30. The molecule has 3 nitrogen and oxygen atoms in total. The summed E-state index contributed by atoms with van der Waals surface area (Å²) in [7, 11) is 0. The number of aromatic nitrogens is 1. The van der Waals surface area contributed by atoms with Crippen molar-refractivity contribution in [3.05, 3.63) is 30.1 Å². The fourth-order valence-electron chi connectivity index (χ4n) is 2.18. The van der Waals surface area contributed by atoms with Crippen molar-refractivity contribution in [2.45, 2.75) is 39.7 Å². The minimum Gasteiger partial charge on any atom is -0.504 e. The minimum absolute atomic E-state index is 0.0368.